The molecule has 0 amide bonds. The van der Waals surface area contributed by atoms with Crippen molar-refractivity contribution in [2.45, 2.75) is 110 Å². The largest absolute Gasteiger partial charge is 0.469 e. The van der Waals surface area contributed by atoms with Gasteiger partial charge < -0.3 is 18.6 Å². The maximum absolute atomic E-state index is 13.4. The minimum Gasteiger partial charge on any atom is -0.469 e. The number of ether oxygens (including phenoxy) is 3. The van der Waals surface area contributed by atoms with Gasteiger partial charge in [-0.3, -0.25) is 9.59 Å². The van der Waals surface area contributed by atoms with E-state index in [4.69, 9.17) is 18.6 Å². The number of hydrogen-bond donors (Lipinski definition) is 0. The van der Waals surface area contributed by atoms with Gasteiger partial charge >= 0.3 is 5.97 Å². The van der Waals surface area contributed by atoms with Gasteiger partial charge in [0.1, 0.15) is 0 Å². The highest BCUT2D eigenvalue weighted by atomic mass is 28.4. The first kappa shape index (κ1) is 28.5. The van der Waals surface area contributed by atoms with Crippen LogP contribution in [-0.4, -0.2) is 53.8 Å². The highest BCUT2D eigenvalue weighted by Crippen LogP contribution is 2.64. The molecule has 0 aromatic rings. The molecule has 0 N–H and O–H groups in total. The molecule has 2 fully saturated rings. The van der Waals surface area contributed by atoms with Crippen LogP contribution in [0.4, 0.5) is 0 Å². The molecule has 35 heavy (non-hydrogen) atoms. The van der Waals surface area contributed by atoms with E-state index in [0.717, 1.165) is 43.3 Å². The lowest BCUT2D eigenvalue weighted by Gasteiger charge is -2.61. The molecule has 0 radical (unpaired) electrons. The zero-order chi connectivity index (χ0) is 26.4. The predicted molar refractivity (Wildman–Crippen MR) is 139 cm³/mol. The Morgan fingerprint density at radius 1 is 1.11 bits per heavy atom. The molecular weight excluding hydrogens is 460 g/mol. The number of carbonyl (C=O) groups excluding carboxylic acids is 2. The molecule has 200 valence electrons. The van der Waals surface area contributed by atoms with Crippen molar-refractivity contribution >= 4 is 20.1 Å². The van der Waals surface area contributed by atoms with Crippen molar-refractivity contribution in [3.05, 3.63) is 11.1 Å². The Hall–Kier alpha value is -1.02. The number of Topliss-reactive ketones (excluding diaryl/α,β-unsaturated/α-hetero) is 1. The third-order valence-electron chi connectivity index (χ3n) is 10.1. The first-order valence-electron chi connectivity index (χ1n) is 13.2. The van der Waals surface area contributed by atoms with Crippen LogP contribution >= 0.6 is 0 Å². The molecule has 0 spiro atoms. The summed E-state index contributed by atoms with van der Waals surface area (Å²) in [6.45, 7) is 15.7. The Morgan fingerprint density at radius 3 is 2.29 bits per heavy atom. The van der Waals surface area contributed by atoms with Crippen LogP contribution in [0.5, 0.6) is 0 Å². The van der Waals surface area contributed by atoms with Gasteiger partial charge in [0.25, 0.3) is 0 Å². The summed E-state index contributed by atoms with van der Waals surface area (Å²) in [6, 6.07) is 0. The van der Waals surface area contributed by atoms with E-state index in [2.05, 4.69) is 47.7 Å². The Kier molecular flexibility index (Phi) is 8.18. The molecule has 3 aliphatic carbocycles. The average Bonchev–Trinajstić information content (AvgIpc) is 2.78. The third kappa shape index (κ3) is 4.95. The van der Waals surface area contributed by atoms with Gasteiger partial charge in [0, 0.05) is 32.6 Å². The van der Waals surface area contributed by atoms with Gasteiger partial charge in [0.2, 0.25) is 0 Å². The molecule has 0 unspecified atom stereocenters. The van der Waals surface area contributed by atoms with E-state index < -0.39 is 20.0 Å². The maximum atomic E-state index is 13.4. The minimum atomic E-state index is -2.16. The summed E-state index contributed by atoms with van der Waals surface area (Å²) in [7, 11) is 2.58. The SMILES string of the molecule is COC(=O)[C@@]1(C)CCC[C@@]2(C)[C@H]1C[C@@H](O[Si](C)(C)C(C)(C)C)C1=C(CC(OC)OC)C(=O)CC[C@@H]12. The standard InChI is InChI=1S/C28H48O6Si/c1-26(2,3)35(9,10)34-21-17-22-27(4,14-11-15-28(22,5)25(30)33-8)19-12-13-20(29)18(24(19)21)16-23(31-6)32-7/h19,21-23H,11-17H2,1-10H3/t19-,21+,22+,27+,28-/m0/s1. The van der Waals surface area contributed by atoms with Crippen LogP contribution < -0.4 is 0 Å². The van der Waals surface area contributed by atoms with E-state index in [9.17, 15) is 9.59 Å². The Balaban J connectivity index is 2.19. The van der Waals surface area contributed by atoms with Crippen LogP contribution in [0.3, 0.4) is 0 Å². The van der Waals surface area contributed by atoms with Crippen molar-refractivity contribution in [2.75, 3.05) is 21.3 Å². The van der Waals surface area contributed by atoms with Gasteiger partial charge in [-0.2, -0.15) is 0 Å². The van der Waals surface area contributed by atoms with Crippen molar-refractivity contribution in [3.63, 3.8) is 0 Å². The van der Waals surface area contributed by atoms with Crippen LogP contribution in [0.15, 0.2) is 11.1 Å². The molecule has 0 aliphatic heterocycles. The molecule has 0 bridgehead atoms. The van der Waals surface area contributed by atoms with Crippen LogP contribution in [0.2, 0.25) is 18.1 Å². The number of hydrogen-bond acceptors (Lipinski definition) is 6. The van der Waals surface area contributed by atoms with Gasteiger partial charge in [0.05, 0.1) is 18.6 Å². The summed E-state index contributed by atoms with van der Waals surface area (Å²) in [5.41, 5.74) is 1.36. The first-order chi connectivity index (χ1) is 16.2. The number of fused-ring (bicyclic) bond motifs is 3. The van der Waals surface area contributed by atoms with E-state index in [0.29, 0.717) is 12.8 Å². The summed E-state index contributed by atoms with van der Waals surface area (Å²) in [4.78, 5) is 26.6. The lowest BCUT2D eigenvalue weighted by atomic mass is 9.45. The normalized spacial score (nSPS) is 34.0. The second kappa shape index (κ2) is 10.0. The van der Waals surface area contributed by atoms with E-state index in [1.54, 1.807) is 14.2 Å². The Morgan fingerprint density at radius 2 is 1.74 bits per heavy atom. The minimum absolute atomic E-state index is 0.0302. The van der Waals surface area contributed by atoms with Crippen molar-refractivity contribution < 1.29 is 28.2 Å². The zero-order valence-electron chi connectivity index (χ0n) is 23.7. The lowest BCUT2D eigenvalue weighted by molar-refractivity contribution is -0.171. The van der Waals surface area contributed by atoms with Crippen molar-refractivity contribution in [2.24, 2.45) is 22.7 Å². The van der Waals surface area contributed by atoms with Crippen LogP contribution in [0, 0.1) is 22.7 Å². The summed E-state index contributed by atoms with van der Waals surface area (Å²) >= 11 is 0. The van der Waals surface area contributed by atoms with Crippen molar-refractivity contribution in [3.8, 4) is 0 Å². The van der Waals surface area contributed by atoms with Gasteiger partial charge in [-0.15, -0.1) is 0 Å². The monoisotopic (exact) mass is 508 g/mol. The molecule has 2 saturated carbocycles. The smallest absolute Gasteiger partial charge is 0.311 e. The highest BCUT2D eigenvalue weighted by Gasteiger charge is 2.62. The number of carbonyl (C=O) groups is 2. The van der Waals surface area contributed by atoms with Crippen molar-refractivity contribution in [1.29, 1.82) is 0 Å². The molecule has 7 heteroatoms. The fourth-order valence-corrected chi connectivity index (χ4v) is 8.33. The summed E-state index contributed by atoms with van der Waals surface area (Å²) < 4.78 is 23.6. The zero-order valence-corrected chi connectivity index (χ0v) is 24.7. The van der Waals surface area contributed by atoms with Gasteiger partial charge in [-0.1, -0.05) is 34.1 Å². The van der Waals surface area contributed by atoms with Gasteiger partial charge in [-0.05, 0) is 73.6 Å². The lowest BCUT2D eigenvalue weighted by Crippen LogP contribution is -2.59. The average molecular weight is 509 g/mol. The van der Waals surface area contributed by atoms with E-state index >= 15 is 0 Å². The number of ketones is 1. The Labute approximate surface area is 213 Å². The van der Waals surface area contributed by atoms with Crippen LogP contribution in [-0.2, 0) is 28.2 Å². The summed E-state index contributed by atoms with van der Waals surface area (Å²) in [6.07, 6.45) is 4.71. The first-order valence-corrected chi connectivity index (χ1v) is 16.1. The van der Waals surface area contributed by atoms with E-state index in [1.165, 1.54) is 7.11 Å². The second-order valence-corrected chi connectivity index (χ2v) is 17.7. The summed E-state index contributed by atoms with van der Waals surface area (Å²) in [5.74, 6) is 0.405. The second-order valence-electron chi connectivity index (χ2n) is 13.0. The van der Waals surface area contributed by atoms with Gasteiger partial charge in [0.15, 0.2) is 20.4 Å². The van der Waals surface area contributed by atoms with E-state index in [1.807, 2.05) is 0 Å². The predicted octanol–water partition coefficient (Wildman–Crippen LogP) is 6.05. The van der Waals surface area contributed by atoms with Crippen molar-refractivity contribution in [1.82, 2.24) is 0 Å². The third-order valence-corrected chi connectivity index (χ3v) is 14.6. The molecule has 5 atom stereocenters. The van der Waals surface area contributed by atoms with Crippen LogP contribution in [0.25, 0.3) is 0 Å². The van der Waals surface area contributed by atoms with Crippen LogP contribution in [0.1, 0.15) is 79.6 Å². The molecule has 0 aromatic carbocycles. The number of methoxy groups -OCH3 is 3. The number of rotatable bonds is 7. The summed E-state index contributed by atoms with van der Waals surface area (Å²) in [5, 5.41) is 0.0302. The molecule has 3 aliphatic rings. The molecule has 0 heterocycles. The molecule has 0 aromatic heterocycles. The fourth-order valence-electron chi connectivity index (χ4n) is 7.04. The molecule has 6 nitrogen and oxygen atoms in total. The molecular formula is C28H48O6Si. The van der Waals surface area contributed by atoms with Gasteiger partial charge in [-0.25, -0.2) is 0 Å². The fraction of sp³-hybridized carbons (Fsp3) is 0.857. The maximum Gasteiger partial charge on any atom is 0.311 e. The molecule has 3 rings (SSSR count). The quantitative estimate of drug-likeness (QED) is 0.237. The molecule has 0 saturated heterocycles. The number of esters is 1. The van der Waals surface area contributed by atoms with E-state index in [-0.39, 0.29) is 40.1 Å². The highest BCUT2D eigenvalue weighted by molar-refractivity contribution is 6.74. The Bertz CT molecular complexity index is 854. The topological polar surface area (TPSA) is 71.1 Å².